The van der Waals surface area contributed by atoms with Crippen LogP contribution < -0.4 is 14.4 Å². The number of methoxy groups -OCH3 is 1. The number of carbonyl (C=O) groups is 1. The first-order valence-electron chi connectivity index (χ1n) is 7.42. The maximum Gasteiger partial charge on any atom is 0.268 e. The Labute approximate surface area is 140 Å². The van der Waals surface area contributed by atoms with Crippen molar-refractivity contribution in [2.45, 2.75) is 26.5 Å². The van der Waals surface area contributed by atoms with Crippen LogP contribution in [0.1, 0.15) is 18.1 Å². The predicted molar refractivity (Wildman–Crippen MR) is 90.5 cm³/mol. The van der Waals surface area contributed by atoms with Gasteiger partial charge in [-0.05, 0) is 37.6 Å². The Morgan fingerprint density at radius 3 is 2.74 bits per heavy atom. The zero-order valence-electron chi connectivity index (χ0n) is 13.3. The second-order valence-electron chi connectivity index (χ2n) is 5.52. The Morgan fingerprint density at radius 1 is 1.26 bits per heavy atom. The summed E-state index contributed by atoms with van der Waals surface area (Å²) in [6.45, 7) is 4.07. The lowest BCUT2D eigenvalue weighted by Crippen LogP contribution is -2.38. The summed E-state index contributed by atoms with van der Waals surface area (Å²) in [5, 5.41) is 0.638. The number of anilines is 1. The van der Waals surface area contributed by atoms with Crippen molar-refractivity contribution >= 4 is 23.2 Å². The van der Waals surface area contributed by atoms with E-state index in [4.69, 9.17) is 21.1 Å². The molecule has 0 saturated heterocycles. The minimum atomic E-state index is -0.606. The van der Waals surface area contributed by atoms with Crippen LogP contribution in [0.5, 0.6) is 11.5 Å². The van der Waals surface area contributed by atoms with Gasteiger partial charge in [-0.25, -0.2) is 0 Å². The van der Waals surface area contributed by atoms with Gasteiger partial charge in [0.2, 0.25) is 0 Å². The maximum atomic E-state index is 12.8. The molecule has 5 heteroatoms. The number of benzene rings is 2. The van der Waals surface area contributed by atoms with Crippen LogP contribution >= 0.6 is 11.6 Å². The zero-order chi connectivity index (χ0) is 16.6. The van der Waals surface area contributed by atoms with E-state index in [1.165, 1.54) is 0 Å². The molecule has 1 amide bonds. The molecule has 23 heavy (non-hydrogen) atoms. The molecule has 0 spiro atoms. The van der Waals surface area contributed by atoms with Crippen LogP contribution in [0.15, 0.2) is 36.4 Å². The van der Waals surface area contributed by atoms with Crippen molar-refractivity contribution in [1.82, 2.24) is 0 Å². The number of halogens is 1. The molecule has 0 bridgehead atoms. The number of nitrogens with zero attached hydrogens (tertiary/aromatic N) is 1. The number of fused-ring (bicyclic) bond motifs is 1. The summed E-state index contributed by atoms with van der Waals surface area (Å²) in [4.78, 5) is 14.5. The fourth-order valence-electron chi connectivity index (χ4n) is 2.77. The summed E-state index contributed by atoms with van der Waals surface area (Å²) in [7, 11) is 1.59. The minimum absolute atomic E-state index is 0.103. The highest BCUT2D eigenvalue weighted by Crippen LogP contribution is 2.37. The average Bonchev–Trinajstić information content (AvgIpc) is 2.67. The number of para-hydroxylation sites is 1. The summed E-state index contributed by atoms with van der Waals surface area (Å²) >= 11 is 6.22. The summed E-state index contributed by atoms with van der Waals surface area (Å²) in [6.07, 6.45) is -0.606. The molecule has 1 atom stereocenters. The number of ether oxygens (including phenoxy) is 2. The molecule has 2 aromatic carbocycles. The van der Waals surface area contributed by atoms with Crippen LogP contribution in [0.4, 0.5) is 5.69 Å². The molecular weight excluding hydrogens is 314 g/mol. The van der Waals surface area contributed by atoms with Gasteiger partial charge in [-0.15, -0.1) is 0 Å². The third-order valence-electron chi connectivity index (χ3n) is 4.05. The molecule has 0 fully saturated rings. The topological polar surface area (TPSA) is 38.8 Å². The molecule has 3 rings (SSSR count). The lowest BCUT2D eigenvalue weighted by molar-refractivity contribution is -0.124. The van der Waals surface area contributed by atoms with Crippen LogP contribution in [0.3, 0.4) is 0 Å². The Hall–Kier alpha value is -2.20. The first-order valence-corrected chi connectivity index (χ1v) is 7.79. The molecule has 120 valence electrons. The van der Waals surface area contributed by atoms with Crippen molar-refractivity contribution in [2.24, 2.45) is 0 Å². The third-order valence-corrected chi connectivity index (χ3v) is 4.46. The van der Waals surface area contributed by atoms with Crippen LogP contribution in [-0.2, 0) is 11.3 Å². The van der Waals surface area contributed by atoms with Gasteiger partial charge in [0.15, 0.2) is 17.6 Å². The van der Waals surface area contributed by atoms with Gasteiger partial charge in [0, 0.05) is 16.3 Å². The molecule has 2 aromatic rings. The Morgan fingerprint density at radius 2 is 2.00 bits per heavy atom. The number of hydrogen-bond donors (Lipinski definition) is 0. The highest BCUT2D eigenvalue weighted by molar-refractivity contribution is 6.31. The van der Waals surface area contributed by atoms with Crippen LogP contribution in [0.2, 0.25) is 5.02 Å². The fraction of sp³-hybridized carbons (Fsp3) is 0.278. The molecule has 0 N–H and O–H groups in total. The van der Waals surface area contributed by atoms with E-state index in [2.05, 4.69) is 0 Å². The second-order valence-corrected chi connectivity index (χ2v) is 5.92. The Bertz CT molecular complexity index is 760. The van der Waals surface area contributed by atoms with Crippen LogP contribution in [0, 0.1) is 6.92 Å². The normalized spacial score (nSPS) is 17.3. The molecule has 1 unspecified atom stereocenters. The van der Waals surface area contributed by atoms with E-state index in [1.807, 2.05) is 43.3 Å². The van der Waals surface area contributed by atoms with E-state index in [0.29, 0.717) is 23.1 Å². The molecule has 4 nitrogen and oxygen atoms in total. The van der Waals surface area contributed by atoms with Gasteiger partial charge in [0.25, 0.3) is 5.91 Å². The van der Waals surface area contributed by atoms with Crippen LogP contribution in [0.25, 0.3) is 0 Å². The molecule has 0 radical (unpaired) electrons. The van der Waals surface area contributed by atoms with E-state index in [0.717, 1.165) is 16.8 Å². The SMILES string of the molecule is COc1cccc2c1OC(C)C(=O)N(c1cccc(Cl)c1C)C2. The smallest absolute Gasteiger partial charge is 0.268 e. The lowest BCUT2D eigenvalue weighted by Gasteiger charge is -2.24. The largest absolute Gasteiger partial charge is 0.493 e. The molecule has 0 saturated carbocycles. The van der Waals surface area contributed by atoms with Crippen molar-refractivity contribution in [3.8, 4) is 11.5 Å². The molecule has 0 aliphatic carbocycles. The number of rotatable bonds is 2. The second kappa shape index (κ2) is 6.13. The number of carbonyl (C=O) groups excluding carboxylic acids is 1. The standard InChI is InChI=1S/C18H18ClNO3/c1-11-14(19)7-5-8-15(11)20-10-13-6-4-9-16(22-3)17(13)23-12(2)18(20)21/h4-9,12H,10H2,1-3H3. The van der Waals surface area contributed by atoms with E-state index in [-0.39, 0.29) is 5.91 Å². The van der Waals surface area contributed by atoms with Gasteiger partial charge in [0.05, 0.1) is 13.7 Å². The first kappa shape index (κ1) is 15.7. The molecule has 0 aromatic heterocycles. The summed E-state index contributed by atoms with van der Waals surface area (Å²) in [5.74, 6) is 1.15. The third kappa shape index (κ3) is 2.75. The predicted octanol–water partition coefficient (Wildman–Crippen LogP) is 3.97. The van der Waals surface area contributed by atoms with Crippen molar-refractivity contribution in [3.05, 3.63) is 52.5 Å². The average molecular weight is 332 g/mol. The van der Waals surface area contributed by atoms with Gasteiger partial charge >= 0.3 is 0 Å². The lowest BCUT2D eigenvalue weighted by atomic mass is 10.1. The molecule has 1 aliphatic heterocycles. The van der Waals surface area contributed by atoms with E-state index in [1.54, 1.807) is 18.9 Å². The minimum Gasteiger partial charge on any atom is -0.493 e. The summed E-state index contributed by atoms with van der Waals surface area (Å²) in [5.41, 5.74) is 2.58. The highest BCUT2D eigenvalue weighted by atomic mass is 35.5. The van der Waals surface area contributed by atoms with Crippen molar-refractivity contribution in [1.29, 1.82) is 0 Å². The van der Waals surface area contributed by atoms with E-state index in [9.17, 15) is 4.79 Å². The van der Waals surface area contributed by atoms with Gasteiger partial charge in [-0.3, -0.25) is 4.79 Å². The highest BCUT2D eigenvalue weighted by Gasteiger charge is 2.31. The number of hydrogen-bond acceptors (Lipinski definition) is 3. The van der Waals surface area contributed by atoms with Gasteiger partial charge in [0.1, 0.15) is 0 Å². The number of amides is 1. The van der Waals surface area contributed by atoms with Crippen LogP contribution in [-0.4, -0.2) is 19.1 Å². The summed E-state index contributed by atoms with van der Waals surface area (Å²) < 4.78 is 11.2. The van der Waals surface area contributed by atoms with Gasteiger partial charge in [-0.1, -0.05) is 29.8 Å². The zero-order valence-corrected chi connectivity index (χ0v) is 14.1. The van der Waals surface area contributed by atoms with Gasteiger partial charge in [-0.2, -0.15) is 0 Å². The molecular formula is C18H18ClNO3. The first-order chi connectivity index (χ1) is 11.0. The molecule has 1 aliphatic rings. The van der Waals surface area contributed by atoms with Gasteiger partial charge < -0.3 is 14.4 Å². The van der Waals surface area contributed by atoms with Crippen molar-refractivity contribution < 1.29 is 14.3 Å². The quantitative estimate of drug-likeness (QED) is 0.835. The molecule has 1 heterocycles. The van der Waals surface area contributed by atoms with E-state index < -0.39 is 6.10 Å². The maximum absolute atomic E-state index is 12.8. The Balaban J connectivity index is 2.11. The van der Waals surface area contributed by atoms with Crippen molar-refractivity contribution in [3.63, 3.8) is 0 Å². The monoisotopic (exact) mass is 331 g/mol. The van der Waals surface area contributed by atoms with Crippen molar-refractivity contribution in [2.75, 3.05) is 12.0 Å². The van der Waals surface area contributed by atoms with E-state index >= 15 is 0 Å². The fourth-order valence-corrected chi connectivity index (χ4v) is 2.94. The summed E-state index contributed by atoms with van der Waals surface area (Å²) in [6, 6.07) is 11.2. The Kier molecular flexibility index (Phi) is 4.18.